The second kappa shape index (κ2) is 5.31. The highest BCUT2D eigenvalue weighted by Crippen LogP contribution is 2.36. The van der Waals surface area contributed by atoms with Crippen molar-refractivity contribution in [1.29, 1.82) is 0 Å². The van der Waals surface area contributed by atoms with Gasteiger partial charge in [0.05, 0.1) is 10.3 Å². The zero-order valence-corrected chi connectivity index (χ0v) is 13.3. The van der Waals surface area contributed by atoms with Crippen LogP contribution in [0, 0.1) is 5.82 Å². The fourth-order valence-electron chi connectivity index (χ4n) is 2.19. The van der Waals surface area contributed by atoms with Crippen molar-refractivity contribution in [2.75, 3.05) is 0 Å². The minimum Gasteiger partial charge on any atom is -0.408 e. The summed E-state index contributed by atoms with van der Waals surface area (Å²) < 4.78 is 19.7. The predicted octanol–water partition coefficient (Wildman–Crippen LogP) is 4.41. The van der Waals surface area contributed by atoms with E-state index >= 15 is 0 Å². The number of hydrogen-bond donors (Lipinski definition) is 0. The van der Waals surface area contributed by atoms with Gasteiger partial charge < -0.3 is 4.42 Å². The SMILES string of the molecule is Cn1c(=O)oc2cc(C(Br)c3ccc(F)cc3Cl)ccc21. The van der Waals surface area contributed by atoms with Gasteiger partial charge in [0, 0.05) is 12.1 Å². The highest BCUT2D eigenvalue weighted by molar-refractivity contribution is 9.09. The number of alkyl halides is 1. The summed E-state index contributed by atoms with van der Waals surface area (Å²) in [5.74, 6) is -0.791. The van der Waals surface area contributed by atoms with Gasteiger partial charge >= 0.3 is 5.76 Å². The van der Waals surface area contributed by atoms with Crippen molar-refractivity contribution in [1.82, 2.24) is 4.57 Å². The molecule has 108 valence electrons. The summed E-state index contributed by atoms with van der Waals surface area (Å²) in [6.45, 7) is 0. The Hall–Kier alpha value is -1.59. The van der Waals surface area contributed by atoms with Gasteiger partial charge in [-0.05, 0) is 35.4 Å². The molecule has 2 aromatic carbocycles. The third-order valence-electron chi connectivity index (χ3n) is 3.34. The Balaban J connectivity index is 2.09. The van der Waals surface area contributed by atoms with Crippen LogP contribution in [0.1, 0.15) is 16.0 Å². The maximum absolute atomic E-state index is 13.1. The van der Waals surface area contributed by atoms with E-state index in [1.54, 1.807) is 25.2 Å². The first-order chi connectivity index (χ1) is 9.97. The van der Waals surface area contributed by atoms with Crippen molar-refractivity contribution in [3.05, 3.63) is 68.9 Å². The summed E-state index contributed by atoms with van der Waals surface area (Å²) in [4.78, 5) is 11.3. The van der Waals surface area contributed by atoms with Crippen LogP contribution >= 0.6 is 27.5 Å². The molecule has 0 fully saturated rings. The van der Waals surface area contributed by atoms with E-state index in [0.717, 1.165) is 11.1 Å². The molecule has 1 heterocycles. The summed E-state index contributed by atoms with van der Waals surface area (Å²) in [5, 5.41) is 0.339. The second-order valence-corrected chi connectivity index (χ2v) is 6.01. The van der Waals surface area contributed by atoms with Gasteiger partial charge in [0.1, 0.15) is 5.82 Å². The van der Waals surface area contributed by atoms with E-state index in [9.17, 15) is 9.18 Å². The molecule has 0 aliphatic heterocycles. The maximum atomic E-state index is 13.1. The van der Waals surface area contributed by atoms with Gasteiger partial charge in [-0.15, -0.1) is 0 Å². The van der Waals surface area contributed by atoms with Crippen LogP contribution in [0.3, 0.4) is 0 Å². The Labute approximate surface area is 133 Å². The van der Waals surface area contributed by atoms with Crippen molar-refractivity contribution in [2.45, 2.75) is 4.83 Å². The van der Waals surface area contributed by atoms with Crippen LogP contribution in [0.15, 0.2) is 45.6 Å². The van der Waals surface area contributed by atoms with E-state index in [1.165, 1.54) is 16.7 Å². The van der Waals surface area contributed by atoms with E-state index in [-0.39, 0.29) is 10.6 Å². The Bertz CT molecular complexity index is 887. The molecule has 0 amide bonds. The number of hydrogen-bond acceptors (Lipinski definition) is 2. The van der Waals surface area contributed by atoms with Crippen LogP contribution in [-0.2, 0) is 7.05 Å². The number of oxazole rings is 1. The molecule has 3 aromatic rings. The lowest BCUT2D eigenvalue weighted by atomic mass is 10.0. The molecule has 1 aromatic heterocycles. The van der Waals surface area contributed by atoms with E-state index < -0.39 is 5.76 Å². The number of fused-ring (bicyclic) bond motifs is 1. The number of benzene rings is 2. The van der Waals surface area contributed by atoms with E-state index in [0.29, 0.717) is 16.1 Å². The van der Waals surface area contributed by atoms with Crippen molar-refractivity contribution in [3.63, 3.8) is 0 Å². The van der Waals surface area contributed by atoms with Crippen LogP contribution in [0.2, 0.25) is 5.02 Å². The zero-order chi connectivity index (χ0) is 15.1. The highest BCUT2D eigenvalue weighted by Gasteiger charge is 2.16. The minimum absolute atomic E-state index is 0.222. The molecular formula is C15H10BrClFNO2. The Morgan fingerprint density at radius 2 is 2.05 bits per heavy atom. The van der Waals surface area contributed by atoms with Crippen LogP contribution in [0.4, 0.5) is 4.39 Å². The van der Waals surface area contributed by atoms with Crippen LogP contribution in [0.25, 0.3) is 11.1 Å². The molecule has 0 aliphatic carbocycles. The topological polar surface area (TPSA) is 35.1 Å². The van der Waals surface area contributed by atoms with E-state index in [4.69, 9.17) is 16.0 Å². The van der Waals surface area contributed by atoms with Gasteiger partial charge in [-0.25, -0.2) is 9.18 Å². The van der Waals surface area contributed by atoms with Crippen LogP contribution in [0.5, 0.6) is 0 Å². The smallest absolute Gasteiger partial charge is 0.408 e. The zero-order valence-electron chi connectivity index (χ0n) is 10.9. The fourth-order valence-corrected chi connectivity index (χ4v) is 3.29. The largest absolute Gasteiger partial charge is 0.419 e. The molecule has 3 rings (SSSR count). The molecule has 3 nitrogen and oxygen atoms in total. The number of aryl methyl sites for hydroxylation is 1. The molecule has 6 heteroatoms. The van der Waals surface area contributed by atoms with Gasteiger partial charge in [0.2, 0.25) is 0 Å². The normalized spacial score (nSPS) is 12.8. The summed E-state index contributed by atoms with van der Waals surface area (Å²) in [7, 11) is 1.65. The summed E-state index contributed by atoms with van der Waals surface area (Å²) >= 11 is 9.62. The molecule has 0 N–H and O–H groups in total. The van der Waals surface area contributed by atoms with Crippen molar-refractivity contribution < 1.29 is 8.81 Å². The lowest BCUT2D eigenvalue weighted by Gasteiger charge is -2.12. The molecule has 0 saturated carbocycles. The first-order valence-electron chi connectivity index (χ1n) is 6.16. The van der Waals surface area contributed by atoms with Gasteiger partial charge in [-0.3, -0.25) is 4.57 Å². The molecule has 1 unspecified atom stereocenters. The molecular weight excluding hydrogens is 361 g/mol. The van der Waals surface area contributed by atoms with Crippen molar-refractivity contribution in [2.24, 2.45) is 7.05 Å². The summed E-state index contributed by atoms with van der Waals surface area (Å²) in [6, 6.07) is 9.71. The Morgan fingerprint density at radius 1 is 1.29 bits per heavy atom. The number of nitrogens with zero attached hydrogens (tertiary/aromatic N) is 1. The summed E-state index contributed by atoms with van der Waals surface area (Å²) in [5.41, 5.74) is 2.83. The van der Waals surface area contributed by atoms with Gasteiger partial charge in [-0.2, -0.15) is 0 Å². The van der Waals surface area contributed by atoms with E-state index in [2.05, 4.69) is 15.9 Å². The lowest BCUT2D eigenvalue weighted by molar-refractivity contribution is 0.528. The average Bonchev–Trinajstić information content (AvgIpc) is 2.73. The second-order valence-electron chi connectivity index (χ2n) is 4.68. The molecule has 0 radical (unpaired) electrons. The molecule has 0 bridgehead atoms. The Kier molecular flexibility index (Phi) is 3.63. The molecule has 0 aliphatic rings. The van der Waals surface area contributed by atoms with Gasteiger partial charge in [-0.1, -0.05) is 39.7 Å². The standard InChI is InChI=1S/C15H10BrClFNO2/c1-19-12-5-2-8(6-13(12)21-15(19)20)14(16)10-4-3-9(18)7-11(10)17/h2-7,14H,1H3. The van der Waals surface area contributed by atoms with Crippen molar-refractivity contribution >= 4 is 38.6 Å². The number of halogens is 3. The number of rotatable bonds is 2. The molecule has 0 saturated heterocycles. The first-order valence-corrected chi connectivity index (χ1v) is 7.45. The number of aromatic nitrogens is 1. The highest BCUT2D eigenvalue weighted by atomic mass is 79.9. The van der Waals surface area contributed by atoms with Gasteiger partial charge in [0.15, 0.2) is 5.58 Å². The lowest BCUT2D eigenvalue weighted by Crippen LogP contribution is -2.08. The molecule has 0 spiro atoms. The minimum atomic E-state index is -0.409. The van der Waals surface area contributed by atoms with Gasteiger partial charge in [0.25, 0.3) is 0 Å². The van der Waals surface area contributed by atoms with Crippen molar-refractivity contribution in [3.8, 4) is 0 Å². The summed E-state index contributed by atoms with van der Waals surface area (Å²) in [6.07, 6.45) is 0. The van der Waals surface area contributed by atoms with E-state index in [1.807, 2.05) is 6.07 Å². The monoisotopic (exact) mass is 369 g/mol. The van der Waals surface area contributed by atoms with Crippen LogP contribution in [-0.4, -0.2) is 4.57 Å². The molecule has 1 atom stereocenters. The first kappa shape index (κ1) is 14.4. The maximum Gasteiger partial charge on any atom is 0.419 e. The Morgan fingerprint density at radius 3 is 2.76 bits per heavy atom. The fraction of sp³-hybridized carbons (Fsp3) is 0.133. The average molecular weight is 371 g/mol. The predicted molar refractivity (Wildman–Crippen MR) is 83.6 cm³/mol. The third kappa shape index (κ3) is 2.51. The van der Waals surface area contributed by atoms with Crippen LogP contribution < -0.4 is 5.76 Å². The third-order valence-corrected chi connectivity index (χ3v) is 4.69. The quantitative estimate of drug-likeness (QED) is 0.626. The molecule has 21 heavy (non-hydrogen) atoms.